The Bertz CT molecular complexity index is 321. The van der Waals surface area contributed by atoms with E-state index in [9.17, 15) is 4.79 Å². The standard InChI is InChI=1S/C10H10BrClOS/c1-14-3-2-10(13)7-4-8(11)6-9(12)5-7/h4-6H,2-3H2,1H3. The Kier molecular flexibility index (Phi) is 4.99. The molecule has 0 fully saturated rings. The third-order valence-corrected chi connectivity index (χ3v) is 3.01. The van der Waals surface area contributed by atoms with E-state index in [1.165, 1.54) is 0 Å². The van der Waals surface area contributed by atoms with Crippen LogP contribution in [-0.4, -0.2) is 17.8 Å². The van der Waals surface area contributed by atoms with Gasteiger partial charge in [-0.25, -0.2) is 0 Å². The van der Waals surface area contributed by atoms with Crippen LogP contribution in [-0.2, 0) is 0 Å². The zero-order valence-electron chi connectivity index (χ0n) is 7.72. The van der Waals surface area contributed by atoms with Crippen LogP contribution in [0.3, 0.4) is 0 Å². The van der Waals surface area contributed by atoms with E-state index in [4.69, 9.17) is 11.6 Å². The highest BCUT2D eigenvalue weighted by atomic mass is 79.9. The van der Waals surface area contributed by atoms with Crippen molar-refractivity contribution < 1.29 is 4.79 Å². The van der Waals surface area contributed by atoms with Gasteiger partial charge in [-0.05, 0) is 24.5 Å². The number of Topliss-reactive ketones (excluding diaryl/α,β-unsaturated/α-hetero) is 1. The summed E-state index contributed by atoms with van der Waals surface area (Å²) in [5.74, 6) is 0.991. The largest absolute Gasteiger partial charge is 0.294 e. The second-order valence-electron chi connectivity index (χ2n) is 2.82. The molecule has 14 heavy (non-hydrogen) atoms. The SMILES string of the molecule is CSCCC(=O)c1cc(Cl)cc(Br)c1. The highest BCUT2D eigenvalue weighted by Crippen LogP contribution is 2.20. The third-order valence-electron chi connectivity index (χ3n) is 1.72. The number of rotatable bonds is 4. The van der Waals surface area contributed by atoms with Crippen LogP contribution in [0.2, 0.25) is 5.02 Å². The molecule has 76 valence electrons. The maximum absolute atomic E-state index is 11.6. The zero-order chi connectivity index (χ0) is 10.6. The van der Waals surface area contributed by atoms with Crippen molar-refractivity contribution in [3.63, 3.8) is 0 Å². The lowest BCUT2D eigenvalue weighted by Gasteiger charge is -2.01. The van der Waals surface area contributed by atoms with E-state index in [0.29, 0.717) is 17.0 Å². The molecule has 0 radical (unpaired) electrons. The minimum absolute atomic E-state index is 0.141. The zero-order valence-corrected chi connectivity index (χ0v) is 10.9. The summed E-state index contributed by atoms with van der Waals surface area (Å²) < 4.78 is 0.845. The summed E-state index contributed by atoms with van der Waals surface area (Å²) in [5.41, 5.74) is 0.679. The highest BCUT2D eigenvalue weighted by molar-refractivity contribution is 9.10. The predicted octanol–water partition coefficient (Wildman–Crippen LogP) is 4.04. The summed E-state index contributed by atoms with van der Waals surface area (Å²) in [6.45, 7) is 0. The smallest absolute Gasteiger partial charge is 0.163 e. The molecule has 0 aliphatic carbocycles. The van der Waals surface area contributed by atoms with Gasteiger partial charge in [-0.3, -0.25) is 4.79 Å². The molecule has 1 rings (SSSR count). The van der Waals surface area contributed by atoms with Gasteiger partial charge in [-0.1, -0.05) is 27.5 Å². The van der Waals surface area contributed by atoms with Crippen LogP contribution in [0.5, 0.6) is 0 Å². The van der Waals surface area contributed by atoms with Crippen molar-refractivity contribution >= 4 is 45.1 Å². The molecule has 0 heterocycles. The Labute approximate surface area is 101 Å². The number of carbonyl (C=O) groups is 1. The molecule has 1 aromatic rings. The highest BCUT2D eigenvalue weighted by Gasteiger charge is 2.06. The molecule has 0 unspecified atom stereocenters. The van der Waals surface area contributed by atoms with Crippen LogP contribution in [0.4, 0.5) is 0 Å². The fourth-order valence-electron chi connectivity index (χ4n) is 1.05. The van der Waals surface area contributed by atoms with Crippen LogP contribution < -0.4 is 0 Å². The Morgan fingerprint density at radius 3 is 2.79 bits per heavy atom. The molecule has 0 atom stereocenters. The van der Waals surface area contributed by atoms with E-state index >= 15 is 0 Å². The van der Waals surface area contributed by atoms with Crippen molar-refractivity contribution in [1.82, 2.24) is 0 Å². The van der Waals surface area contributed by atoms with Crippen molar-refractivity contribution in [1.29, 1.82) is 0 Å². The second-order valence-corrected chi connectivity index (χ2v) is 5.16. The monoisotopic (exact) mass is 292 g/mol. The van der Waals surface area contributed by atoms with Gasteiger partial charge in [0.05, 0.1) is 0 Å². The normalized spacial score (nSPS) is 10.2. The Hall–Kier alpha value is 0.01000. The summed E-state index contributed by atoms with van der Waals surface area (Å²) in [6, 6.07) is 5.27. The average molecular weight is 294 g/mol. The van der Waals surface area contributed by atoms with Crippen LogP contribution in [0.15, 0.2) is 22.7 Å². The van der Waals surface area contributed by atoms with Crippen molar-refractivity contribution in [2.75, 3.05) is 12.0 Å². The fourth-order valence-corrected chi connectivity index (χ4v) is 2.30. The van der Waals surface area contributed by atoms with Crippen molar-refractivity contribution in [3.05, 3.63) is 33.3 Å². The number of benzene rings is 1. The average Bonchev–Trinajstić information content (AvgIpc) is 2.12. The predicted molar refractivity (Wildman–Crippen MR) is 66.5 cm³/mol. The summed E-state index contributed by atoms with van der Waals surface area (Å²) in [7, 11) is 0. The first-order valence-electron chi connectivity index (χ1n) is 4.11. The minimum Gasteiger partial charge on any atom is -0.294 e. The molecule has 0 saturated carbocycles. The molecule has 0 spiro atoms. The van der Waals surface area contributed by atoms with Crippen LogP contribution in [0.1, 0.15) is 16.8 Å². The van der Waals surface area contributed by atoms with Crippen LogP contribution >= 0.6 is 39.3 Å². The molecule has 0 bridgehead atoms. The van der Waals surface area contributed by atoms with Gasteiger partial charge in [0.15, 0.2) is 5.78 Å². The van der Waals surface area contributed by atoms with Crippen molar-refractivity contribution in [2.24, 2.45) is 0 Å². The topological polar surface area (TPSA) is 17.1 Å². The van der Waals surface area contributed by atoms with Crippen LogP contribution in [0.25, 0.3) is 0 Å². The first-order chi connectivity index (χ1) is 6.63. The second kappa shape index (κ2) is 5.79. The Morgan fingerprint density at radius 2 is 2.21 bits per heavy atom. The van der Waals surface area contributed by atoms with E-state index in [2.05, 4.69) is 15.9 Å². The van der Waals surface area contributed by atoms with Gasteiger partial charge >= 0.3 is 0 Å². The van der Waals surface area contributed by atoms with Crippen molar-refractivity contribution in [2.45, 2.75) is 6.42 Å². The molecule has 4 heteroatoms. The van der Waals surface area contributed by atoms with Crippen molar-refractivity contribution in [3.8, 4) is 0 Å². The number of halogens is 2. The number of hydrogen-bond acceptors (Lipinski definition) is 2. The number of carbonyl (C=O) groups excluding carboxylic acids is 1. The molecular formula is C10H10BrClOS. The maximum atomic E-state index is 11.6. The van der Waals surface area contributed by atoms with E-state index < -0.39 is 0 Å². The van der Waals surface area contributed by atoms with Gasteiger partial charge in [0.2, 0.25) is 0 Å². The lowest BCUT2D eigenvalue weighted by molar-refractivity contribution is 0.0989. The molecule has 0 N–H and O–H groups in total. The van der Waals surface area contributed by atoms with Crippen LogP contribution in [0, 0.1) is 0 Å². The molecule has 0 saturated heterocycles. The molecule has 1 nitrogen and oxygen atoms in total. The van der Waals surface area contributed by atoms with Gasteiger partial charge in [0.25, 0.3) is 0 Å². The molecule has 0 aliphatic heterocycles. The van der Waals surface area contributed by atoms with Gasteiger partial charge in [0, 0.05) is 27.2 Å². The van der Waals surface area contributed by atoms with E-state index in [1.807, 2.05) is 6.26 Å². The lowest BCUT2D eigenvalue weighted by Crippen LogP contribution is -2.00. The molecule has 1 aromatic carbocycles. The van der Waals surface area contributed by atoms with Gasteiger partial charge in [0.1, 0.15) is 0 Å². The Balaban J connectivity index is 2.79. The molecular weight excluding hydrogens is 284 g/mol. The van der Waals surface area contributed by atoms with Gasteiger partial charge in [-0.2, -0.15) is 11.8 Å². The molecule has 0 aromatic heterocycles. The molecule has 0 aliphatic rings. The summed E-state index contributed by atoms with van der Waals surface area (Å²) in [4.78, 5) is 11.6. The fraction of sp³-hybridized carbons (Fsp3) is 0.300. The lowest BCUT2D eigenvalue weighted by atomic mass is 10.1. The summed E-state index contributed by atoms with van der Waals surface area (Å²) in [6.07, 6.45) is 2.55. The number of ketones is 1. The Morgan fingerprint density at radius 1 is 1.50 bits per heavy atom. The quantitative estimate of drug-likeness (QED) is 0.779. The maximum Gasteiger partial charge on any atom is 0.163 e. The third kappa shape index (κ3) is 3.64. The summed E-state index contributed by atoms with van der Waals surface area (Å²) in [5, 5.41) is 0.590. The van der Waals surface area contributed by atoms with E-state index in [1.54, 1.807) is 30.0 Å². The number of hydrogen-bond donors (Lipinski definition) is 0. The van der Waals surface area contributed by atoms with Gasteiger partial charge < -0.3 is 0 Å². The molecule has 0 amide bonds. The number of thioether (sulfide) groups is 1. The van der Waals surface area contributed by atoms with Gasteiger partial charge in [-0.15, -0.1) is 0 Å². The first-order valence-corrected chi connectivity index (χ1v) is 6.68. The van der Waals surface area contributed by atoms with E-state index in [0.717, 1.165) is 10.2 Å². The van der Waals surface area contributed by atoms with E-state index in [-0.39, 0.29) is 5.78 Å². The minimum atomic E-state index is 0.141. The first kappa shape index (κ1) is 12.1. The summed E-state index contributed by atoms with van der Waals surface area (Å²) >= 11 is 10.8.